The number of non-ortho nitro benzene ring substituents is 1. The summed E-state index contributed by atoms with van der Waals surface area (Å²) in [5, 5.41) is 10.8. The number of aryl methyl sites for hydroxylation is 1. The van der Waals surface area contributed by atoms with E-state index < -0.39 is 0 Å². The number of anilines is 1. The summed E-state index contributed by atoms with van der Waals surface area (Å²) in [5.41, 5.74) is 2.14. The van der Waals surface area contributed by atoms with E-state index in [1.54, 1.807) is 18.2 Å². The lowest BCUT2D eigenvalue weighted by atomic mass is 10.1. The van der Waals surface area contributed by atoms with Crippen LogP contribution in [-0.2, 0) is 4.74 Å². The van der Waals surface area contributed by atoms with E-state index in [1.165, 1.54) is 0 Å². The van der Waals surface area contributed by atoms with Gasteiger partial charge in [-0.1, -0.05) is 6.07 Å². The zero-order valence-corrected chi connectivity index (χ0v) is 10.0. The highest BCUT2D eigenvalue weighted by atomic mass is 16.6. The van der Waals surface area contributed by atoms with E-state index in [0.29, 0.717) is 6.61 Å². The van der Waals surface area contributed by atoms with Crippen LogP contribution in [0.25, 0.3) is 0 Å². The molecule has 1 fully saturated rings. The minimum atomic E-state index is -0.354. The molecule has 5 heteroatoms. The molecule has 92 valence electrons. The summed E-state index contributed by atoms with van der Waals surface area (Å²) < 4.78 is 5.47. The van der Waals surface area contributed by atoms with Crippen LogP contribution in [0.5, 0.6) is 0 Å². The van der Waals surface area contributed by atoms with Gasteiger partial charge in [0.25, 0.3) is 5.69 Å². The summed E-state index contributed by atoms with van der Waals surface area (Å²) in [4.78, 5) is 12.6. The van der Waals surface area contributed by atoms with Gasteiger partial charge in [0.05, 0.1) is 17.6 Å². The number of morpholine rings is 1. The van der Waals surface area contributed by atoms with E-state index in [1.807, 2.05) is 13.8 Å². The number of ether oxygens (including phenoxy) is 1. The molecule has 0 unspecified atom stereocenters. The molecule has 0 amide bonds. The van der Waals surface area contributed by atoms with Gasteiger partial charge in [0.1, 0.15) is 0 Å². The molecule has 0 aliphatic carbocycles. The molecule has 1 heterocycles. The van der Waals surface area contributed by atoms with Crippen LogP contribution < -0.4 is 4.90 Å². The minimum Gasteiger partial charge on any atom is -0.375 e. The van der Waals surface area contributed by atoms with Crippen LogP contribution in [-0.4, -0.2) is 30.7 Å². The van der Waals surface area contributed by atoms with Crippen molar-refractivity contribution in [3.8, 4) is 0 Å². The van der Waals surface area contributed by atoms with Crippen LogP contribution >= 0.6 is 0 Å². The number of benzene rings is 1. The Bertz CT molecular complexity index is 434. The summed E-state index contributed by atoms with van der Waals surface area (Å²) in [7, 11) is 0. The van der Waals surface area contributed by atoms with Crippen molar-refractivity contribution < 1.29 is 9.66 Å². The number of nitro groups is 1. The van der Waals surface area contributed by atoms with Gasteiger partial charge in [-0.3, -0.25) is 10.1 Å². The maximum absolute atomic E-state index is 10.8. The van der Waals surface area contributed by atoms with Gasteiger partial charge in [-0.25, -0.2) is 0 Å². The first kappa shape index (κ1) is 11.9. The zero-order chi connectivity index (χ0) is 12.4. The van der Waals surface area contributed by atoms with Crippen molar-refractivity contribution in [2.24, 2.45) is 0 Å². The van der Waals surface area contributed by atoms with Crippen molar-refractivity contribution >= 4 is 11.4 Å². The molecule has 0 bridgehead atoms. The predicted molar refractivity (Wildman–Crippen MR) is 65.5 cm³/mol. The van der Waals surface area contributed by atoms with Gasteiger partial charge in [-0.15, -0.1) is 0 Å². The summed E-state index contributed by atoms with van der Waals surface area (Å²) in [6.07, 6.45) is 0.169. The first-order valence-corrected chi connectivity index (χ1v) is 5.69. The smallest absolute Gasteiger partial charge is 0.271 e. The maximum atomic E-state index is 10.8. The molecule has 1 aromatic rings. The lowest BCUT2D eigenvalue weighted by molar-refractivity contribution is -0.384. The van der Waals surface area contributed by atoms with Crippen LogP contribution in [0.2, 0.25) is 0 Å². The SMILES string of the molecule is Cc1ccc([N+](=O)[O-])cc1N1CCO[C@H](C)C1. The second-order valence-corrected chi connectivity index (χ2v) is 4.36. The standard InChI is InChI=1S/C12H16N2O3/c1-9-3-4-11(14(15)16)7-12(9)13-5-6-17-10(2)8-13/h3-4,7,10H,5-6,8H2,1-2H3/t10-/m1/s1. The Morgan fingerprint density at radius 3 is 2.94 bits per heavy atom. The molecule has 1 aromatic carbocycles. The fourth-order valence-electron chi connectivity index (χ4n) is 2.09. The summed E-state index contributed by atoms with van der Waals surface area (Å²) >= 11 is 0. The molecule has 1 aliphatic rings. The number of hydrogen-bond donors (Lipinski definition) is 0. The van der Waals surface area contributed by atoms with Crippen LogP contribution in [0.15, 0.2) is 18.2 Å². The van der Waals surface area contributed by atoms with Crippen LogP contribution in [0.1, 0.15) is 12.5 Å². The average molecular weight is 236 g/mol. The molecular weight excluding hydrogens is 220 g/mol. The van der Waals surface area contributed by atoms with Crippen LogP contribution in [0.3, 0.4) is 0 Å². The number of nitro benzene ring substituents is 1. The second-order valence-electron chi connectivity index (χ2n) is 4.36. The van der Waals surface area contributed by atoms with E-state index in [2.05, 4.69) is 4.90 Å². The van der Waals surface area contributed by atoms with E-state index in [4.69, 9.17) is 4.74 Å². The van der Waals surface area contributed by atoms with Gasteiger partial charge in [-0.05, 0) is 19.4 Å². The number of nitrogens with zero attached hydrogens (tertiary/aromatic N) is 2. The fraction of sp³-hybridized carbons (Fsp3) is 0.500. The highest BCUT2D eigenvalue weighted by molar-refractivity contribution is 5.59. The van der Waals surface area contributed by atoms with E-state index in [-0.39, 0.29) is 16.7 Å². The zero-order valence-electron chi connectivity index (χ0n) is 10.0. The summed E-state index contributed by atoms with van der Waals surface area (Å²) in [6.45, 7) is 6.22. The molecular formula is C12H16N2O3. The second kappa shape index (κ2) is 4.71. The normalized spacial score (nSPS) is 20.4. The van der Waals surface area contributed by atoms with Crippen molar-refractivity contribution in [2.75, 3.05) is 24.6 Å². The first-order valence-electron chi connectivity index (χ1n) is 5.69. The first-order chi connectivity index (χ1) is 8.08. The van der Waals surface area contributed by atoms with Crippen molar-refractivity contribution in [2.45, 2.75) is 20.0 Å². The van der Waals surface area contributed by atoms with E-state index in [0.717, 1.165) is 24.3 Å². The summed E-state index contributed by atoms with van der Waals surface area (Å²) in [6, 6.07) is 4.99. The Morgan fingerprint density at radius 2 is 2.29 bits per heavy atom. The van der Waals surface area contributed by atoms with Crippen LogP contribution in [0.4, 0.5) is 11.4 Å². The lowest BCUT2D eigenvalue weighted by Crippen LogP contribution is -2.41. The van der Waals surface area contributed by atoms with Gasteiger partial charge >= 0.3 is 0 Å². The largest absolute Gasteiger partial charge is 0.375 e. The van der Waals surface area contributed by atoms with Crippen LogP contribution in [0, 0.1) is 17.0 Å². The molecule has 1 saturated heterocycles. The van der Waals surface area contributed by atoms with Crippen molar-refractivity contribution in [1.82, 2.24) is 0 Å². The fourth-order valence-corrected chi connectivity index (χ4v) is 2.09. The minimum absolute atomic E-state index is 0.143. The Kier molecular flexibility index (Phi) is 3.28. The number of rotatable bonds is 2. The Morgan fingerprint density at radius 1 is 1.53 bits per heavy atom. The summed E-state index contributed by atoms with van der Waals surface area (Å²) in [5.74, 6) is 0. The molecule has 2 rings (SSSR count). The van der Waals surface area contributed by atoms with Gasteiger partial charge in [0.2, 0.25) is 0 Å². The molecule has 0 aromatic heterocycles. The molecule has 17 heavy (non-hydrogen) atoms. The predicted octanol–water partition coefficient (Wildman–Crippen LogP) is 2.13. The van der Waals surface area contributed by atoms with Crippen molar-refractivity contribution in [3.63, 3.8) is 0 Å². The average Bonchev–Trinajstić information content (AvgIpc) is 2.29. The molecule has 5 nitrogen and oxygen atoms in total. The van der Waals surface area contributed by atoms with Gasteiger partial charge in [0, 0.05) is 30.9 Å². The maximum Gasteiger partial charge on any atom is 0.271 e. The monoisotopic (exact) mass is 236 g/mol. The van der Waals surface area contributed by atoms with Crippen molar-refractivity contribution in [3.05, 3.63) is 33.9 Å². The Balaban J connectivity index is 2.29. The van der Waals surface area contributed by atoms with E-state index in [9.17, 15) is 10.1 Å². The third kappa shape index (κ3) is 2.55. The topological polar surface area (TPSA) is 55.6 Å². The quantitative estimate of drug-likeness (QED) is 0.583. The number of hydrogen-bond acceptors (Lipinski definition) is 4. The van der Waals surface area contributed by atoms with Crippen molar-refractivity contribution in [1.29, 1.82) is 0 Å². The highest BCUT2D eigenvalue weighted by Crippen LogP contribution is 2.26. The third-order valence-corrected chi connectivity index (χ3v) is 2.99. The van der Waals surface area contributed by atoms with E-state index >= 15 is 0 Å². The molecule has 1 aliphatic heterocycles. The molecule has 0 saturated carbocycles. The highest BCUT2D eigenvalue weighted by Gasteiger charge is 2.20. The molecule has 0 spiro atoms. The Labute approximate surface area is 100 Å². The van der Waals surface area contributed by atoms with Gasteiger partial charge in [-0.2, -0.15) is 0 Å². The molecule has 0 N–H and O–H groups in total. The Hall–Kier alpha value is -1.62. The lowest BCUT2D eigenvalue weighted by Gasteiger charge is -2.33. The molecule has 0 radical (unpaired) electrons. The molecule has 1 atom stereocenters. The third-order valence-electron chi connectivity index (χ3n) is 2.99. The van der Waals surface area contributed by atoms with Gasteiger partial charge < -0.3 is 9.64 Å². The van der Waals surface area contributed by atoms with Gasteiger partial charge in [0.15, 0.2) is 0 Å².